The average molecular weight is 437 g/mol. The number of thiazole rings is 1. The molecule has 0 unspecified atom stereocenters. The average Bonchev–Trinajstić information content (AvgIpc) is 3.47. The Hall–Kier alpha value is -2.77. The van der Waals surface area contributed by atoms with Gasteiger partial charge in [0.25, 0.3) is 0 Å². The number of nitrogens with one attached hydrogen (secondary N) is 2. The topological polar surface area (TPSA) is 74.3 Å². The van der Waals surface area contributed by atoms with Crippen molar-refractivity contribution in [2.45, 2.75) is 44.8 Å². The van der Waals surface area contributed by atoms with Gasteiger partial charge in [0, 0.05) is 17.5 Å². The summed E-state index contributed by atoms with van der Waals surface area (Å²) in [6, 6.07) is 13.6. The molecular formula is C24H28N4O2S. The Kier molecular flexibility index (Phi) is 6.34. The Balaban J connectivity index is 1.54. The van der Waals surface area contributed by atoms with Gasteiger partial charge in [-0.2, -0.15) is 0 Å². The molecule has 3 atom stereocenters. The molecule has 2 heterocycles. The predicted octanol–water partition coefficient (Wildman–Crippen LogP) is 3.74. The SMILES string of the molecule is CN[C@H](C)C(=O)N[C@H](C)C(=O)N1CCC[C@@H]1c1nc(-c2cccc3ccccc23)cs1. The Morgan fingerprint density at radius 1 is 1.13 bits per heavy atom. The molecule has 1 aromatic heterocycles. The van der Waals surface area contributed by atoms with Gasteiger partial charge in [0.1, 0.15) is 11.0 Å². The fourth-order valence-corrected chi connectivity index (χ4v) is 5.05. The van der Waals surface area contributed by atoms with E-state index in [1.807, 2.05) is 17.0 Å². The Labute approximate surface area is 186 Å². The minimum Gasteiger partial charge on any atom is -0.343 e. The van der Waals surface area contributed by atoms with Crippen molar-refractivity contribution in [3.63, 3.8) is 0 Å². The van der Waals surface area contributed by atoms with Gasteiger partial charge < -0.3 is 15.5 Å². The first kappa shape index (κ1) is 21.5. The van der Waals surface area contributed by atoms with Crippen LogP contribution < -0.4 is 10.6 Å². The van der Waals surface area contributed by atoms with E-state index in [1.165, 1.54) is 10.8 Å². The maximum absolute atomic E-state index is 13.1. The molecule has 4 rings (SSSR count). The van der Waals surface area contributed by atoms with Gasteiger partial charge in [-0.25, -0.2) is 4.98 Å². The molecule has 0 saturated carbocycles. The summed E-state index contributed by atoms with van der Waals surface area (Å²) in [6.07, 6.45) is 1.83. The maximum atomic E-state index is 13.1. The van der Waals surface area contributed by atoms with E-state index in [1.54, 1.807) is 32.2 Å². The highest BCUT2D eigenvalue weighted by atomic mass is 32.1. The van der Waals surface area contributed by atoms with Crippen molar-refractivity contribution in [2.24, 2.45) is 0 Å². The zero-order valence-electron chi connectivity index (χ0n) is 18.1. The fourth-order valence-electron chi connectivity index (χ4n) is 4.08. The Morgan fingerprint density at radius 2 is 1.90 bits per heavy atom. The molecule has 2 amide bonds. The van der Waals surface area contributed by atoms with E-state index in [0.29, 0.717) is 6.54 Å². The van der Waals surface area contributed by atoms with Crippen LogP contribution in [0.4, 0.5) is 0 Å². The number of fused-ring (bicyclic) bond motifs is 1. The van der Waals surface area contributed by atoms with Crippen molar-refractivity contribution in [1.82, 2.24) is 20.5 Å². The van der Waals surface area contributed by atoms with E-state index in [4.69, 9.17) is 4.98 Å². The smallest absolute Gasteiger partial charge is 0.245 e. The van der Waals surface area contributed by atoms with E-state index in [0.717, 1.165) is 29.1 Å². The van der Waals surface area contributed by atoms with Gasteiger partial charge in [-0.3, -0.25) is 9.59 Å². The van der Waals surface area contributed by atoms with Crippen LogP contribution in [0.1, 0.15) is 37.7 Å². The zero-order valence-corrected chi connectivity index (χ0v) is 18.9. The number of hydrogen-bond donors (Lipinski definition) is 2. The first-order chi connectivity index (χ1) is 15.0. The molecule has 1 aliphatic heterocycles. The maximum Gasteiger partial charge on any atom is 0.245 e. The minimum atomic E-state index is -0.568. The molecule has 162 valence electrons. The third-order valence-corrected chi connectivity index (χ3v) is 6.91. The van der Waals surface area contributed by atoms with E-state index < -0.39 is 6.04 Å². The van der Waals surface area contributed by atoms with Gasteiger partial charge in [0.05, 0.1) is 17.8 Å². The summed E-state index contributed by atoms with van der Waals surface area (Å²) >= 11 is 1.60. The summed E-state index contributed by atoms with van der Waals surface area (Å²) in [5.74, 6) is -0.229. The number of nitrogens with zero attached hydrogens (tertiary/aromatic N) is 2. The molecule has 2 aromatic carbocycles. The van der Waals surface area contributed by atoms with Gasteiger partial charge in [0.2, 0.25) is 11.8 Å². The Morgan fingerprint density at radius 3 is 2.71 bits per heavy atom. The summed E-state index contributed by atoms with van der Waals surface area (Å²) in [7, 11) is 1.73. The van der Waals surface area contributed by atoms with Gasteiger partial charge >= 0.3 is 0 Å². The lowest BCUT2D eigenvalue weighted by atomic mass is 10.0. The molecule has 0 spiro atoms. The molecule has 31 heavy (non-hydrogen) atoms. The van der Waals surface area contributed by atoms with Gasteiger partial charge in [-0.05, 0) is 44.5 Å². The highest BCUT2D eigenvalue weighted by Crippen LogP contribution is 2.37. The molecular weight excluding hydrogens is 408 g/mol. The van der Waals surface area contributed by atoms with Crippen LogP contribution in [0.15, 0.2) is 47.8 Å². The van der Waals surface area contributed by atoms with Crippen LogP contribution >= 0.6 is 11.3 Å². The highest BCUT2D eigenvalue weighted by molar-refractivity contribution is 7.10. The first-order valence-electron chi connectivity index (χ1n) is 10.7. The second kappa shape index (κ2) is 9.16. The summed E-state index contributed by atoms with van der Waals surface area (Å²) in [4.78, 5) is 32.1. The van der Waals surface area contributed by atoms with Gasteiger partial charge in [-0.1, -0.05) is 42.5 Å². The normalized spacial score (nSPS) is 18.2. The van der Waals surface area contributed by atoms with Crippen molar-refractivity contribution >= 4 is 33.9 Å². The highest BCUT2D eigenvalue weighted by Gasteiger charge is 2.35. The third kappa shape index (κ3) is 4.34. The van der Waals surface area contributed by atoms with Gasteiger partial charge in [-0.15, -0.1) is 11.3 Å². The van der Waals surface area contributed by atoms with E-state index in [9.17, 15) is 9.59 Å². The number of benzene rings is 2. The number of aromatic nitrogens is 1. The summed E-state index contributed by atoms with van der Waals surface area (Å²) in [5.41, 5.74) is 2.05. The number of carbonyl (C=O) groups excluding carboxylic acids is 2. The summed E-state index contributed by atoms with van der Waals surface area (Å²) < 4.78 is 0. The van der Waals surface area contributed by atoms with Crippen LogP contribution in [-0.2, 0) is 9.59 Å². The lowest BCUT2D eigenvalue weighted by molar-refractivity contribution is -0.137. The lowest BCUT2D eigenvalue weighted by Crippen LogP contribution is -2.51. The van der Waals surface area contributed by atoms with Crippen molar-refractivity contribution in [3.8, 4) is 11.3 Å². The predicted molar refractivity (Wildman–Crippen MR) is 125 cm³/mol. The molecule has 2 N–H and O–H groups in total. The molecule has 0 aliphatic carbocycles. The standard InChI is InChI=1S/C24H28N4O2S/c1-15(25-3)22(29)26-16(2)24(30)28-13-7-12-21(28)23-27-20(14-31-23)19-11-6-9-17-8-4-5-10-18(17)19/h4-6,8-11,14-16,21,25H,7,12-13H2,1-3H3,(H,26,29)/t15-,16-,21-/m1/s1. The Bertz CT molecular complexity index is 1090. The lowest BCUT2D eigenvalue weighted by Gasteiger charge is -2.27. The van der Waals surface area contributed by atoms with Crippen molar-refractivity contribution in [3.05, 3.63) is 52.9 Å². The molecule has 6 nitrogen and oxygen atoms in total. The van der Waals surface area contributed by atoms with Crippen LogP contribution in [0.2, 0.25) is 0 Å². The van der Waals surface area contributed by atoms with Crippen LogP contribution in [0, 0.1) is 0 Å². The van der Waals surface area contributed by atoms with Crippen LogP contribution in [-0.4, -0.2) is 47.4 Å². The van der Waals surface area contributed by atoms with Crippen LogP contribution in [0.5, 0.6) is 0 Å². The first-order valence-corrected chi connectivity index (χ1v) is 11.6. The number of hydrogen-bond acceptors (Lipinski definition) is 5. The number of carbonyl (C=O) groups is 2. The second-order valence-corrected chi connectivity index (χ2v) is 8.92. The van der Waals surface area contributed by atoms with Gasteiger partial charge in [0.15, 0.2) is 0 Å². The number of likely N-dealkylation sites (N-methyl/N-ethyl adjacent to an activating group) is 1. The quantitative estimate of drug-likeness (QED) is 0.617. The number of likely N-dealkylation sites (tertiary alicyclic amines) is 1. The van der Waals surface area contributed by atoms with E-state index in [2.05, 4.69) is 46.3 Å². The molecule has 0 radical (unpaired) electrons. The zero-order chi connectivity index (χ0) is 22.0. The molecule has 0 bridgehead atoms. The fraction of sp³-hybridized carbons (Fsp3) is 0.375. The van der Waals surface area contributed by atoms with E-state index >= 15 is 0 Å². The third-order valence-electron chi connectivity index (χ3n) is 5.96. The van der Waals surface area contributed by atoms with E-state index in [-0.39, 0.29) is 23.9 Å². The monoisotopic (exact) mass is 436 g/mol. The van der Waals surface area contributed by atoms with Crippen LogP contribution in [0.3, 0.4) is 0 Å². The molecule has 1 saturated heterocycles. The molecule has 1 aliphatic rings. The summed E-state index contributed by atoms with van der Waals surface area (Å²) in [6.45, 7) is 4.21. The molecule has 1 fully saturated rings. The number of rotatable bonds is 6. The van der Waals surface area contributed by atoms with Crippen molar-refractivity contribution in [2.75, 3.05) is 13.6 Å². The second-order valence-electron chi connectivity index (χ2n) is 8.03. The molecule has 7 heteroatoms. The number of amides is 2. The minimum absolute atomic E-state index is 0.0395. The summed E-state index contributed by atoms with van der Waals surface area (Å²) in [5, 5.41) is 11.1. The largest absolute Gasteiger partial charge is 0.343 e. The molecule has 3 aromatic rings. The van der Waals surface area contributed by atoms with Crippen LogP contribution in [0.25, 0.3) is 22.0 Å². The van der Waals surface area contributed by atoms with Crippen molar-refractivity contribution in [1.29, 1.82) is 0 Å². The van der Waals surface area contributed by atoms with Crippen molar-refractivity contribution < 1.29 is 9.59 Å².